The molecule has 232 valence electrons. The number of rotatable bonds is 12. The number of aromatic amines is 1. The molecule has 45 heavy (non-hydrogen) atoms. The predicted molar refractivity (Wildman–Crippen MR) is 176 cm³/mol. The third-order valence-electron chi connectivity index (χ3n) is 8.74. The highest BCUT2D eigenvalue weighted by Crippen LogP contribution is 2.31. The Morgan fingerprint density at radius 1 is 0.867 bits per heavy atom. The average Bonchev–Trinajstić information content (AvgIpc) is 3.40. The molecule has 2 unspecified atom stereocenters. The van der Waals surface area contributed by atoms with E-state index in [1.165, 1.54) is 11.1 Å². The number of hydrogen-bond donors (Lipinski definition) is 2. The number of fused-ring (bicyclic) bond motifs is 1. The maximum Gasteiger partial charge on any atom is 0.407 e. The minimum atomic E-state index is -0.891. The summed E-state index contributed by atoms with van der Waals surface area (Å²) in [5.74, 6) is 0.842. The molecule has 1 saturated heterocycles. The van der Waals surface area contributed by atoms with Crippen molar-refractivity contribution in [3.63, 3.8) is 0 Å². The zero-order valence-electron chi connectivity index (χ0n) is 25.4. The molecule has 1 aliphatic rings. The standard InChI is InChI=1S/C37H40N4O4/c42-36-38-34-18-7-8-19-35(34)41(36)32-20-22-40(37(43)44)31(24-32)16-10-21-39(25-28-11-3-1-4-12-28)26-30-15-9-17-33(23-30)45-27-29-13-5-2-6-14-29/h1-9,11-15,17-19,23,31-32H,10,16,20-22,24-27H2,(H,38,42)(H,43,44). The van der Waals surface area contributed by atoms with Crippen molar-refractivity contribution < 1.29 is 14.6 Å². The second-order valence-corrected chi connectivity index (χ2v) is 11.9. The van der Waals surface area contributed by atoms with Gasteiger partial charge in [0, 0.05) is 31.7 Å². The number of H-pyrrole nitrogens is 1. The lowest BCUT2D eigenvalue weighted by atomic mass is 9.93. The van der Waals surface area contributed by atoms with Gasteiger partial charge in [-0.3, -0.25) is 9.47 Å². The summed E-state index contributed by atoms with van der Waals surface area (Å²) in [7, 11) is 0. The summed E-state index contributed by atoms with van der Waals surface area (Å²) in [6.45, 7) is 3.28. The molecule has 6 rings (SSSR count). The van der Waals surface area contributed by atoms with Crippen molar-refractivity contribution in [1.29, 1.82) is 0 Å². The fourth-order valence-corrected chi connectivity index (χ4v) is 6.57. The number of nitrogens with one attached hydrogen (secondary N) is 1. The number of hydrogen-bond acceptors (Lipinski definition) is 4. The van der Waals surface area contributed by atoms with Crippen LogP contribution in [0.4, 0.5) is 4.79 Å². The molecule has 1 fully saturated rings. The second-order valence-electron chi connectivity index (χ2n) is 11.9. The number of likely N-dealkylation sites (tertiary alicyclic amines) is 1. The third kappa shape index (κ3) is 7.64. The Balaban J connectivity index is 1.13. The minimum Gasteiger partial charge on any atom is -0.489 e. The van der Waals surface area contributed by atoms with Crippen LogP contribution in [0.5, 0.6) is 5.75 Å². The number of carboxylic acid groups (broad SMARTS) is 1. The molecular weight excluding hydrogens is 564 g/mol. The van der Waals surface area contributed by atoms with E-state index >= 15 is 0 Å². The smallest absolute Gasteiger partial charge is 0.407 e. The summed E-state index contributed by atoms with van der Waals surface area (Å²) in [6.07, 6.45) is 1.91. The number of imidazole rings is 1. The fraction of sp³-hybridized carbons (Fsp3) is 0.297. The Bertz CT molecular complexity index is 1750. The van der Waals surface area contributed by atoms with Gasteiger partial charge < -0.3 is 19.7 Å². The summed E-state index contributed by atoms with van der Waals surface area (Å²) in [5, 5.41) is 10.0. The van der Waals surface area contributed by atoms with Gasteiger partial charge in [-0.25, -0.2) is 9.59 Å². The van der Waals surface area contributed by atoms with Crippen LogP contribution in [0.15, 0.2) is 114 Å². The van der Waals surface area contributed by atoms with E-state index in [1.807, 2.05) is 65.2 Å². The lowest BCUT2D eigenvalue weighted by Gasteiger charge is -2.38. The summed E-state index contributed by atoms with van der Waals surface area (Å²) in [5.41, 5.74) is 5.08. The van der Waals surface area contributed by atoms with Gasteiger partial charge in [-0.1, -0.05) is 84.9 Å². The quantitative estimate of drug-likeness (QED) is 0.159. The summed E-state index contributed by atoms with van der Waals surface area (Å²) < 4.78 is 7.93. The maximum atomic E-state index is 12.9. The minimum absolute atomic E-state index is 0.0479. The molecule has 0 aliphatic carbocycles. The molecule has 8 heteroatoms. The topological polar surface area (TPSA) is 90.8 Å². The number of piperidine rings is 1. The van der Waals surface area contributed by atoms with Crippen LogP contribution >= 0.6 is 0 Å². The number of carbonyl (C=O) groups is 1. The molecule has 0 saturated carbocycles. The van der Waals surface area contributed by atoms with E-state index in [2.05, 4.69) is 58.4 Å². The van der Waals surface area contributed by atoms with E-state index in [1.54, 1.807) is 4.90 Å². The van der Waals surface area contributed by atoms with Gasteiger partial charge in [0.15, 0.2) is 0 Å². The highest BCUT2D eigenvalue weighted by molar-refractivity contribution is 5.75. The summed E-state index contributed by atoms with van der Waals surface area (Å²) in [4.78, 5) is 32.1. The number of para-hydroxylation sites is 2. The van der Waals surface area contributed by atoms with Crippen LogP contribution in [-0.4, -0.2) is 49.7 Å². The van der Waals surface area contributed by atoms with Crippen LogP contribution in [0.1, 0.15) is 48.4 Å². The van der Waals surface area contributed by atoms with Crippen molar-refractivity contribution >= 4 is 17.1 Å². The highest BCUT2D eigenvalue weighted by atomic mass is 16.5. The SMILES string of the molecule is O=C(O)N1CCC(n2c(=O)[nH]c3ccccc32)CC1CCCN(Cc1ccccc1)Cc1cccc(OCc2ccccc2)c1. The lowest BCUT2D eigenvalue weighted by molar-refractivity contribution is 0.0853. The molecule has 0 bridgehead atoms. The van der Waals surface area contributed by atoms with Gasteiger partial charge in [0.1, 0.15) is 12.4 Å². The van der Waals surface area contributed by atoms with E-state index in [9.17, 15) is 14.7 Å². The van der Waals surface area contributed by atoms with Gasteiger partial charge in [0.05, 0.1) is 11.0 Å². The van der Waals surface area contributed by atoms with Crippen molar-refractivity contribution in [2.24, 2.45) is 0 Å². The van der Waals surface area contributed by atoms with Gasteiger partial charge in [-0.05, 0) is 73.2 Å². The molecule has 2 heterocycles. The predicted octanol–water partition coefficient (Wildman–Crippen LogP) is 7.07. The summed E-state index contributed by atoms with van der Waals surface area (Å²) >= 11 is 0. The molecule has 2 N–H and O–H groups in total. The van der Waals surface area contributed by atoms with E-state index in [-0.39, 0.29) is 17.8 Å². The Morgan fingerprint density at radius 2 is 1.56 bits per heavy atom. The van der Waals surface area contributed by atoms with Crippen molar-refractivity contribution in [2.75, 3.05) is 13.1 Å². The first-order chi connectivity index (χ1) is 22.0. The first kappa shape index (κ1) is 30.2. The monoisotopic (exact) mass is 604 g/mol. The Labute approximate surface area is 263 Å². The first-order valence-corrected chi connectivity index (χ1v) is 15.7. The van der Waals surface area contributed by atoms with Crippen LogP contribution in [-0.2, 0) is 19.7 Å². The van der Waals surface area contributed by atoms with Crippen molar-refractivity contribution in [1.82, 2.24) is 19.4 Å². The molecule has 1 aliphatic heterocycles. The maximum absolute atomic E-state index is 12.9. The zero-order valence-corrected chi connectivity index (χ0v) is 25.4. The molecule has 1 aromatic heterocycles. The fourth-order valence-electron chi connectivity index (χ4n) is 6.57. The second kappa shape index (κ2) is 14.3. The van der Waals surface area contributed by atoms with Crippen LogP contribution in [0.2, 0.25) is 0 Å². The van der Waals surface area contributed by atoms with Crippen LogP contribution < -0.4 is 10.4 Å². The van der Waals surface area contributed by atoms with E-state index < -0.39 is 6.09 Å². The average molecular weight is 605 g/mol. The van der Waals surface area contributed by atoms with Gasteiger partial charge in [0.25, 0.3) is 0 Å². The van der Waals surface area contributed by atoms with Crippen molar-refractivity contribution in [3.05, 3.63) is 136 Å². The number of aromatic nitrogens is 2. The van der Waals surface area contributed by atoms with Gasteiger partial charge in [-0.15, -0.1) is 0 Å². The molecule has 0 spiro atoms. The van der Waals surface area contributed by atoms with Crippen molar-refractivity contribution in [2.45, 2.75) is 57.5 Å². The normalized spacial score (nSPS) is 16.7. The number of amides is 1. The molecule has 4 aromatic carbocycles. The molecule has 0 radical (unpaired) electrons. The molecule has 1 amide bonds. The van der Waals surface area contributed by atoms with Crippen molar-refractivity contribution in [3.8, 4) is 5.75 Å². The summed E-state index contributed by atoms with van der Waals surface area (Å²) in [6, 6.07) is 36.4. The Hall–Kier alpha value is -4.82. The van der Waals surface area contributed by atoms with E-state index in [0.717, 1.165) is 54.8 Å². The van der Waals surface area contributed by atoms with Gasteiger partial charge in [-0.2, -0.15) is 0 Å². The molecular formula is C37H40N4O4. The van der Waals surface area contributed by atoms with Crippen LogP contribution in [0.3, 0.4) is 0 Å². The Kier molecular flexibility index (Phi) is 9.61. The Morgan fingerprint density at radius 3 is 2.33 bits per heavy atom. The number of benzene rings is 4. The van der Waals surface area contributed by atoms with E-state index in [0.29, 0.717) is 26.0 Å². The number of ether oxygens (including phenoxy) is 1. The van der Waals surface area contributed by atoms with Gasteiger partial charge in [0.2, 0.25) is 0 Å². The third-order valence-corrected chi connectivity index (χ3v) is 8.74. The lowest BCUT2D eigenvalue weighted by Crippen LogP contribution is -2.47. The molecule has 5 aromatic rings. The highest BCUT2D eigenvalue weighted by Gasteiger charge is 2.33. The molecule has 2 atom stereocenters. The number of nitrogens with zero attached hydrogens (tertiary/aromatic N) is 3. The van der Waals surface area contributed by atoms with E-state index in [4.69, 9.17) is 4.74 Å². The van der Waals surface area contributed by atoms with Gasteiger partial charge >= 0.3 is 11.8 Å². The zero-order chi connectivity index (χ0) is 31.0. The first-order valence-electron chi connectivity index (χ1n) is 15.7. The van der Waals surface area contributed by atoms with Crippen LogP contribution in [0.25, 0.3) is 11.0 Å². The van der Waals surface area contributed by atoms with Crippen LogP contribution in [0, 0.1) is 0 Å². The molecule has 8 nitrogen and oxygen atoms in total. The largest absolute Gasteiger partial charge is 0.489 e.